The molecular weight excluding hydrogens is 684 g/mol. The van der Waals surface area contributed by atoms with E-state index in [0.717, 1.165) is 23.3 Å². The second kappa shape index (κ2) is 16.0. The molecule has 2 unspecified atom stereocenters. The van der Waals surface area contributed by atoms with Gasteiger partial charge in [-0.05, 0) is 69.2 Å². The molecule has 3 amide bonds. The van der Waals surface area contributed by atoms with E-state index < -0.39 is 64.6 Å². The van der Waals surface area contributed by atoms with Crippen molar-refractivity contribution in [2.75, 3.05) is 26.4 Å². The van der Waals surface area contributed by atoms with Gasteiger partial charge >= 0.3 is 11.9 Å². The number of benzene rings is 2. The molecule has 0 spiro atoms. The van der Waals surface area contributed by atoms with Gasteiger partial charge in [-0.1, -0.05) is 51.3 Å². The topological polar surface area (TPSA) is 169 Å². The molecule has 2 aromatic rings. The second-order valence-corrected chi connectivity index (χ2v) is 14.3. The molecule has 2 aromatic carbocycles. The molecule has 0 bridgehead atoms. The maximum absolute atomic E-state index is 13.1. The maximum atomic E-state index is 13.1. The summed E-state index contributed by atoms with van der Waals surface area (Å²) in [7, 11) is 0. The molecule has 13 nitrogen and oxygen atoms in total. The number of hydrogen-bond acceptors (Lipinski definition) is 11. The monoisotopic (exact) mass is 730 g/mol. The number of ether oxygens (including phenoxy) is 4. The van der Waals surface area contributed by atoms with Crippen molar-refractivity contribution in [2.45, 2.75) is 64.7 Å². The predicted octanol–water partition coefficient (Wildman–Crippen LogP) is 3.73. The number of imide groups is 1. The van der Waals surface area contributed by atoms with Crippen LogP contribution in [0.1, 0.15) is 52.7 Å². The van der Waals surface area contributed by atoms with Gasteiger partial charge in [0.15, 0.2) is 0 Å². The zero-order valence-electron chi connectivity index (χ0n) is 30.8. The summed E-state index contributed by atoms with van der Waals surface area (Å²) >= 11 is 0. The highest BCUT2D eigenvalue weighted by atomic mass is 16.6. The fourth-order valence-corrected chi connectivity index (χ4v) is 5.57. The van der Waals surface area contributed by atoms with Crippen LogP contribution in [0.25, 0.3) is 0 Å². The van der Waals surface area contributed by atoms with Crippen molar-refractivity contribution in [3.05, 3.63) is 109 Å². The summed E-state index contributed by atoms with van der Waals surface area (Å²) in [4.78, 5) is 63.2. The van der Waals surface area contributed by atoms with E-state index in [4.69, 9.17) is 18.9 Å². The minimum absolute atomic E-state index is 0.114. The van der Waals surface area contributed by atoms with Crippen LogP contribution in [0.2, 0.25) is 0 Å². The van der Waals surface area contributed by atoms with Crippen LogP contribution in [-0.4, -0.2) is 93.8 Å². The minimum Gasteiger partial charge on any atom is -0.491 e. The number of amides is 3. The number of allylic oxidation sites excluding steroid dienone is 1. The number of carbonyl (C=O) groups is 5. The van der Waals surface area contributed by atoms with Gasteiger partial charge in [0.1, 0.15) is 55.8 Å². The molecule has 0 saturated heterocycles. The number of rotatable bonds is 17. The van der Waals surface area contributed by atoms with Crippen LogP contribution in [-0.2, 0) is 38.9 Å². The number of carbonyl (C=O) groups excluding carboxylic acids is 5. The van der Waals surface area contributed by atoms with Crippen LogP contribution in [0.15, 0.2) is 97.4 Å². The molecule has 2 atom stereocenters. The van der Waals surface area contributed by atoms with E-state index in [9.17, 15) is 34.2 Å². The summed E-state index contributed by atoms with van der Waals surface area (Å²) in [5.74, 6) is -2.26. The van der Waals surface area contributed by atoms with Gasteiger partial charge in [-0.15, -0.1) is 0 Å². The summed E-state index contributed by atoms with van der Waals surface area (Å²) in [5.41, 5.74) is -0.482. The Morgan fingerprint density at radius 3 is 1.55 bits per heavy atom. The Labute approximate surface area is 308 Å². The predicted molar refractivity (Wildman–Crippen MR) is 193 cm³/mol. The van der Waals surface area contributed by atoms with Gasteiger partial charge in [0, 0.05) is 29.3 Å². The van der Waals surface area contributed by atoms with E-state index in [1.165, 1.54) is 11.0 Å². The van der Waals surface area contributed by atoms with Crippen LogP contribution in [0.4, 0.5) is 0 Å². The van der Waals surface area contributed by atoms with Crippen molar-refractivity contribution in [1.82, 2.24) is 9.80 Å². The SMILES string of the molecule is C=C(C(=O)OCC(O)COc1ccc(C(C)(C)c2ccc(OCC(O)COC(=O)C(C)(C)C(C)(C)N3C(=C)C=CC3=O)cc2)cc1)N1C(=O)C=CC1=O. The fraction of sp³-hybridized carbons (Fsp3) is 0.375. The van der Waals surface area contributed by atoms with E-state index in [1.54, 1.807) is 58.0 Å². The summed E-state index contributed by atoms with van der Waals surface area (Å²) < 4.78 is 21.8. The largest absolute Gasteiger partial charge is 0.491 e. The second-order valence-electron chi connectivity index (χ2n) is 14.3. The summed E-state index contributed by atoms with van der Waals surface area (Å²) in [6, 6.07) is 14.7. The maximum Gasteiger partial charge on any atom is 0.354 e. The van der Waals surface area contributed by atoms with E-state index >= 15 is 0 Å². The number of aliphatic hydroxyl groups is 2. The summed E-state index contributed by atoms with van der Waals surface area (Å²) in [5, 5.41) is 20.7. The van der Waals surface area contributed by atoms with Gasteiger partial charge in [-0.25, -0.2) is 9.69 Å². The van der Waals surface area contributed by atoms with Crippen LogP contribution in [0, 0.1) is 5.41 Å². The lowest BCUT2D eigenvalue weighted by Gasteiger charge is -2.46. The van der Waals surface area contributed by atoms with Crippen LogP contribution < -0.4 is 9.47 Å². The van der Waals surface area contributed by atoms with Crippen molar-refractivity contribution in [3.63, 3.8) is 0 Å². The molecule has 2 aliphatic rings. The van der Waals surface area contributed by atoms with E-state index in [0.29, 0.717) is 22.1 Å². The minimum atomic E-state index is -1.18. The Hall–Kier alpha value is -5.53. The lowest BCUT2D eigenvalue weighted by atomic mass is 9.73. The van der Waals surface area contributed by atoms with Crippen molar-refractivity contribution in [2.24, 2.45) is 5.41 Å². The zero-order valence-corrected chi connectivity index (χ0v) is 30.8. The van der Waals surface area contributed by atoms with Crippen LogP contribution in [0.3, 0.4) is 0 Å². The number of hydrogen-bond donors (Lipinski definition) is 2. The van der Waals surface area contributed by atoms with E-state index in [-0.39, 0.29) is 25.7 Å². The first-order valence-corrected chi connectivity index (χ1v) is 16.9. The van der Waals surface area contributed by atoms with Crippen molar-refractivity contribution in [1.29, 1.82) is 0 Å². The molecule has 2 N–H and O–H groups in total. The molecule has 2 heterocycles. The van der Waals surface area contributed by atoms with Crippen molar-refractivity contribution in [3.8, 4) is 11.5 Å². The Bertz CT molecular complexity index is 1790. The molecule has 0 saturated carbocycles. The molecule has 0 aromatic heterocycles. The van der Waals surface area contributed by atoms with Gasteiger partial charge in [0.2, 0.25) is 0 Å². The molecule has 53 heavy (non-hydrogen) atoms. The third-order valence-corrected chi connectivity index (χ3v) is 9.69. The zero-order chi connectivity index (χ0) is 39.3. The van der Waals surface area contributed by atoms with E-state index in [1.807, 2.05) is 24.3 Å². The lowest BCUT2D eigenvalue weighted by molar-refractivity contribution is -0.166. The Morgan fingerprint density at radius 1 is 0.679 bits per heavy atom. The Morgan fingerprint density at radius 2 is 1.11 bits per heavy atom. The number of nitrogens with zero attached hydrogens (tertiary/aromatic N) is 2. The van der Waals surface area contributed by atoms with Crippen molar-refractivity contribution >= 4 is 29.7 Å². The van der Waals surface area contributed by atoms with Gasteiger partial charge in [0.25, 0.3) is 17.7 Å². The molecule has 0 aliphatic carbocycles. The normalized spacial score (nSPS) is 15.8. The van der Waals surface area contributed by atoms with Gasteiger partial charge in [-0.3, -0.25) is 19.2 Å². The Kier molecular flexibility index (Phi) is 12.2. The quantitative estimate of drug-likeness (QED) is 0.138. The van der Waals surface area contributed by atoms with Crippen molar-refractivity contribution < 1.29 is 53.1 Å². The van der Waals surface area contributed by atoms with Crippen LogP contribution in [0.5, 0.6) is 11.5 Å². The van der Waals surface area contributed by atoms with E-state index in [2.05, 4.69) is 27.0 Å². The Balaban J connectivity index is 1.22. The summed E-state index contributed by atoms with van der Waals surface area (Å²) in [6.45, 7) is 17.3. The fourth-order valence-electron chi connectivity index (χ4n) is 5.57. The average molecular weight is 731 g/mol. The molecule has 282 valence electrons. The van der Waals surface area contributed by atoms with Gasteiger partial charge in [-0.2, -0.15) is 0 Å². The third kappa shape index (κ3) is 8.93. The number of aliphatic hydroxyl groups excluding tert-OH is 2. The molecule has 0 fully saturated rings. The first-order valence-electron chi connectivity index (χ1n) is 16.9. The molecule has 4 rings (SSSR count). The first kappa shape index (κ1) is 40.2. The average Bonchev–Trinajstić information content (AvgIpc) is 3.65. The summed E-state index contributed by atoms with van der Waals surface area (Å²) in [6.07, 6.45) is 2.77. The van der Waals surface area contributed by atoms with Gasteiger partial charge < -0.3 is 34.1 Å². The van der Waals surface area contributed by atoms with Gasteiger partial charge in [0.05, 0.1) is 11.0 Å². The highest BCUT2D eigenvalue weighted by molar-refractivity contribution is 6.17. The smallest absolute Gasteiger partial charge is 0.354 e. The lowest BCUT2D eigenvalue weighted by Crippen LogP contribution is -2.57. The molecular formula is C40H46N2O11. The highest BCUT2D eigenvalue weighted by Crippen LogP contribution is 2.41. The first-order chi connectivity index (χ1) is 24.8. The van der Waals surface area contributed by atoms with Crippen LogP contribution >= 0.6 is 0 Å². The highest BCUT2D eigenvalue weighted by Gasteiger charge is 2.51. The standard InChI is InChI=1S/C40H46N2O11/c1-25-9-18-35(47)42(25)40(7,8)39(5,6)37(49)53-24-30(44)22-51-32-16-12-28(13-17-32)38(3,4)27-10-14-31(15-11-27)50-21-29(43)23-52-36(48)26(2)41-33(45)19-20-34(41)46/h9-20,29-30,43-44H,1-2,21-24H2,3-8H3. The molecule has 2 aliphatic heterocycles. The number of esters is 2. The third-order valence-electron chi connectivity index (χ3n) is 9.69. The molecule has 0 radical (unpaired) electrons. The molecule has 13 heteroatoms.